The number of aliphatic hydroxyl groups excluding tert-OH is 8. The Morgan fingerprint density at radius 2 is 0.824 bits per heavy atom. The highest BCUT2D eigenvalue weighted by atomic mass is 16.5. The lowest BCUT2D eigenvalue weighted by Crippen LogP contribution is -2.43. The van der Waals surface area contributed by atoms with E-state index in [0.717, 1.165) is 0 Å². The summed E-state index contributed by atoms with van der Waals surface area (Å²) < 4.78 is 5.15. The smallest absolute Gasteiger partial charge is 0.303 e. The lowest BCUT2D eigenvalue weighted by molar-refractivity contribution is -0.139. The summed E-state index contributed by atoms with van der Waals surface area (Å²) in [5.41, 5.74) is -2.63. The van der Waals surface area contributed by atoms with Gasteiger partial charge in [0.1, 0.15) is 0 Å². The van der Waals surface area contributed by atoms with Crippen LogP contribution in [0.5, 0.6) is 0 Å². The maximum atomic E-state index is 9.90. The molecule has 13 heteroatoms. The fourth-order valence-corrected chi connectivity index (χ4v) is 1.66. The summed E-state index contributed by atoms with van der Waals surface area (Å²) in [6.45, 7) is 0.682. The molecule has 0 heterocycles. The van der Waals surface area contributed by atoms with Crippen molar-refractivity contribution in [3.8, 4) is 0 Å². The van der Waals surface area contributed by atoms with Gasteiger partial charge in [-0.15, -0.1) is 0 Å². The van der Waals surface area contributed by atoms with Gasteiger partial charge in [0.2, 0.25) is 0 Å². The van der Waals surface area contributed by atoms with Crippen LogP contribution in [0.2, 0.25) is 0 Å². The third-order valence-corrected chi connectivity index (χ3v) is 4.72. The largest absolute Gasteiger partial charge is 0.481 e. The van der Waals surface area contributed by atoms with Crippen LogP contribution in [0.25, 0.3) is 0 Å². The first-order valence-electron chi connectivity index (χ1n) is 10.7. The van der Waals surface area contributed by atoms with Gasteiger partial charge in [0.15, 0.2) is 0 Å². The van der Waals surface area contributed by atoms with Crippen LogP contribution >= 0.6 is 0 Å². The Labute approximate surface area is 199 Å². The van der Waals surface area contributed by atoms with Crippen molar-refractivity contribution in [2.45, 2.75) is 39.5 Å². The number of hydrogen-bond acceptors (Lipinski definition) is 11. The van der Waals surface area contributed by atoms with E-state index in [9.17, 15) is 9.59 Å². The first-order valence-corrected chi connectivity index (χ1v) is 10.7. The minimum atomic E-state index is -1.16. The van der Waals surface area contributed by atoms with Gasteiger partial charge in [-0.3, -0.25) is 9.59 Å². The monoisotopic (exact) mass is 504 g/mol. The Balaban J connectivity index is -0.000000477. The molecule has 0 bridgehead atoms. The van der Waals surface area contributed by atoms with Crippen molar-refractivity contribution in [1.29, 1.82) is 0 Å². The van der Waals surface area contributed by atoms with Crippen molar-refractivity contribution in [2.75, 3.05) is 66.1 Å². The van der Waals surface area contributed by atoms with Crippen LogP contribution in [-0.4, -0.2) is 129 Å². The average molecular weight is 505 g/mol. The zero-order valence-corrected chi connectivity index (χ0v) is 20.1. The van der Waals surface area contributed by atoms with E-state index in [-0.39, 0.29) is 44.7 Å². The van der Waals surface area contributed by atoms with Crippen molar-refractivity contribution in [1.82, 2.24) is 0 Å². The van der Waals surface area contributed by atoms with Crippen LogP contribution in [-0.2, 0) is 14.3 Å². The third kappa shape index (κ3) is 18.9. The topological polar surface area (TPSA) is 246 Å². The van der Waals surface area contributed by atoms with Crippen LogP contribution in [0.15, 0.2) is 0 Å². The Morgan fingerprint density at radius 1 is 0.559 bits per heavy atom. The van der Waals surface area contributed by atoms with Crippen LogP contribution in [0.4, 0.5) is 0 Å². The Hall–Kier alpha value is -1.42. The molecule has 0 saturated carbocycles. The zero-order chi connectivity index (χ0) is 27.3. The summed E-state index contributed by atoms with van der Waals surface area (Å²) in [7, 11) is 0. The van der Waals surface area contributed by atoms with Crippen molar-refractivity contribution in [3.05, 3.63) is 0 Å². The molecule has 10 N–H and O–H groups in total. The highest BCUT2D eigenvalue weighted by Gasteiger charge is 2.32. The molecule has 0 saturated heterocycles. The molecule has 0 fully saturated rings. The Bertz CT molecular complexity index is 444. The quantitative estimate of drug-likeness (QED) is 0.0933. The first-order chi connectivity index (χ1) is 15.8. The van der Waals surface area contributed by atoms with Gasteiger partial charge in [-0.2, -0.15) is 0 Å². The highest BCUT2D eigenvalue weighted by molar-refractivity contribution is 5.67. The summed E-state index contributed by atoms with van der Waals surface area (Å²) in [6.07, 6.45) is 1.02. The molecule has 0 aromatic rings. The van der Waals surface area contributed by atoms with Gasteiger partial charge in [0, 0.05) is 18.3 Å². The summed E-state index contributed by atoms with van der Waals surface area (Å²) >= 11 is 0. The molecule has 13 nitrogen and oxygen atoms in total. The SMILES string of the molecule is CC(C)(CO)CO.O=C(O)CCCCC(=O)O.OCC(CO)(CO)COCC(CO)(CO)CO. The third-order valence-electron chi connectivity index (χ3n) is 4.72. The van der Waals surface area contributed by atoms with E-state index in [1.807, 2.05) is 0 Å². The second-order valence-electron chi connectivity index (χ2n) is 8.92. The molecule has 0 rings (SSSR count). The van der Waals surface area contributed by atoms with Crippen molar-refractivity contribution >= 4 is 11.9 Å². The number of aliphatic hydroxyl groups is 8. The van der Waals surface area contributed by atoms with E-state index in [0.29, 0.717) is 12.8 Å². The number of carboxylic acids is 2. The molecule has 34 heavy (non-hydrogen) atoms. The molecular formula is C21H44O13. The van der Waals surface area contributed by atoms with E-state index in [1.54, 1.807) is 13.8 Å². The molecule has 0 unspecified atom stereocenters. The molecule has 0 spiro atoms. The molecule has 0 aliphatic carbocycles. The molecule has 0 aliphatic heterocycles. The molecular weight excluding hydrogens is 460 g/mol. The van der Waals surface area contributed by atoms with E-state index in [1.165, 1.54) is 0 Å². The lowest BCUT2D eigenvalue weighted by atomic mass is 9.91. The highest BCUT2D eigenvalue weighted by Crippen LogP contribution is 2.19. The minimum Gasteiger partial charge on any atom is -0.481 e. The summed E-state index contributed by atoms with van der Waals surface area (Å²) in [5.74, 6) is -1.74. The second-order valence-corrected chi connectivity index (χ2v) is 8.92. The molecule has 0 aromatic heterocycles. The summed E-state index contributed by atoms with van der Waals surface area (Å²) in [5, 5.41) is 87.3. The fraction of sp³-hybridized carbons (Fsp3) is 0.905. The van der Waals surface area contributed by atoms with Gasteiger partial charge in [-0.05, 0) is 12.8 Å². The minimum absolute atomic E-state index is 0.0451. The van der Waals surface area contributed by atoms with Crippen LogP contribution in [0.1, 0.15) is 39.5 Å². The molecule has 0 aliphatic rings. The Morgan fingerprint density at radius 3 is 0.971 bits per heavy atom. The number of ether oxygens (including phenoxy) is 1. The van der Waals surface area contributed by atoms with Gasteiger partial charge >= 0.3 is 11.9 Å². The molecule has 206 valence electrons. The zero-order valence-electron chi connectivity index (χ0n) is 20.1. The number of carboxylic acid groups (broad SMARTS) is 2. The van der Waals surface area contributed by atoms with Crippen molar-refractivity contribution < 1.29 is 65.4 Å². The predicted octanol–water partition coefficient (Wildman–Crippen LogP) is -2.36. The number of rotatable bonds is 17. The van der Waals surface area contributed by atoms with Crippen molar-refractivity contribution in [3.63, 3.8) is 0 Å². The standard InChI is InChI=1S/C10H22O7.C6H10O4.C5H12O2/c11-1-9(2-12,3-13)7-17-8-10(4-14,5-15)6-16;7-5(8)3-1-2-4-6(9)10;1-5(2,3-6)4-7/h11-16H,1-8H2;1-4H2,(H,7,8)(H,9,10);6-7H,3-4H2,1-2H3. The molecule has 0 radical (unpaired) electrons. The van der Waals surface area contributed by atoms with E-state index in [4.69, 9.17) is 55.8 Å². The average Bonchev–Trinajstić information content (AvgIpc) is 2.83. The van der Waals surface area contributed by atoms with Gasteiger partial charge in [0.25, 0.3) is 0 Å². The van der Waals surface area contributed by atoms with Gasteiger partial charge in [-0.25, -0.2) is 0 Å². The normalized spacial score (nSPS) is 11.7. The van der Waals surface area contributed by atoms with Gasteiger partial charge in [-0.1, -0.05) is 13.8 Å². The van der Waals surface area contributed by atoms with Crippen LogP contribution in [0.3, 0.4) is 0 Å². The summed E-state index contributed by atoms with van der Waals surface area (Å²) in [4.78, 5) is 19.8. The number of unbranched alkanes of at least 4 members (excludes halogenated alkanes) is 1. The number of aliphatic carboxylic acids is 2. The van der Waals surface area contributed by atoms with Gasteiger partial charge < -0.3 is 55.8 Å². The number of carbonyl (C=O) groups is 2. The first kappa shape index (κ1) is 37.1. The summed E-state index contributed by atoms with van der Waals surface area (Å²) in [6, 6.07) is 0. The van der Waals surface area contributed by atoms with E-state index >= 15 is 0 Å². The van der Waals surface area contributed by atoms with Crippen LogP contribution in [0, 0.1) is 16.2 Å². The van der Waals surface area contributed by atoms with Gasteiger partial charge in [0.05, 0.1) is 76.9 Å². The second kappa shape index (κ2) is 20.9. The molecule has 0 atom stereocenters. The molecule has 0 amide bonds. The maximum absolute atomic E-state index is 9.90. The van der Waals surface area contributed by atoms with Crippen molar-refractivity contribution in [2.24, 2.45) is 16.2 Å². The number of hydrogen-bond donors (Lipinski definition) is 10. The predicted molar refractivity (Wildman–Crippen MR) is 120 cm³/mol. The maximum Gasteiger partial charge on any atom is 0.303 e. The van der Waals surface area contributed by atoms with E-state index < -0.39 is 62.4 Å². The lowest BCUT2D eigenvalue weighted by Gasteiger charge is -2.31. The van der Waals surface area contributed by atoms with Crippen LogP contribution < -0.4 is 0 Å². The Kier molecular flexibility index (Phi) is 22.8. The fourth-order valence-electron chi connectivity index (χ4n) is 1.66. The van der Waals surface area contributed by atoms with E-state index in [2.05, 4.69) is 0 Å². The molecule has 0 aromatic carbocycles.